The Hall–Kier alpha value is -1.32. The SMILES string of the molecule is C/C(=C\c1ncc(C)nc1C)C1(C(F)F)CC1. The first kappa shape index (κ1) is 12.1. The molecule has 0 aliphatic heterocycles. The molecule has 0 atom stereocenters. The van der Waals surface area contributed by atoms with Crippen LogP contribution in [0.5, 0.6) is 0 Å². The molecule has 2 nitrogen and oxygen atoms in total. The average Bonchev–Trinajstić information content (AvgIpc) is 3.02. The molecule has 0 amide bonds. The highest BCUT2D eigenvalue weighted by Gasteiger charge is 2.52. The van der Waals surface area contributed by atoms with Crippen molar-refractivity contribution in [3.05, 3.63) is 28.9 Å². The van der Waals surface area contributed by atoms with Gasteiger partial charge in [0.1, 0.15) is 0 Å². The quantitative estimate of drug-likeness (QED) is 0.804. The molecule has 0 spiro atoms. The van der Waals surface area contributed by atoms with E-state index in [1.54, 1.807) is 19.2 Å². The largest absolute Gasteiger partial charge is 0.255 e. The lowest BCUT2D eigenvalue weighted by atomic mass is 9.96. The molecule has 0 radical (unpaired) electrons. The van der Waals surface area contributed by atoms with E-state index < -0.39 is 11.8 Å². The van der Waals surface area contributed by atoms with E-state index >= 15 is 0 Å². The lowest BCUT2D eigenvalue weighted by molar-refractivity contribution is 0.0819. The summed E-state index contributed by atoms with van der Waals surface area (Å²) in [5.41, 5.74) is 2.15. The van der Waals surface area contributed by atoms with E-state index in [4.69, 9.17) is 0 Å². The monoisotopic (exact) mass is 238 g/mol. The van der Waals surface area contributed by atoms with Crippen molar-refractivity contribution in [2.75, 3.05) is 0 Å². The van der Waals surface area contributed by atoms with Gasteiger partial charge in [-0.1, -0.05) is 5.57 Å². The summed E-state index contributed by atoms with van der Waals surface area (Å²) in [5, 5.41) is 0. The van der Waals surface area contributed by atoms with Crippen molar-refractivity contribution in [3.63, 3.8) is 0 Å². The molecular weight excluding hydrogens is 222 g/mol. The Morgan fingerprint density at radius 1 is 1.41 bits per heavy atom. The first-order chi connectivity index (χ1) is 7.95. The summed E-state index contributed by atoms with van der Waals surface area (Å²) in [6.07, 6.45) is 2.28. The molecule has 1 aliphatic carbocycles. The normalized spacial score (nSPS) is 18.6. The third-order valence-electron chi connectivity index (χ3n) is 3.45. The van der Waals surface area contributed by atoms with Crippen LogP contribution in [0.2, 0.25) is 0 Å². The fourth-order valence-corrected chi connectivity index (χ4v) is 2.02. The maximum Gasteiger partial charge on any atom is 0.247 e. The van der Waals surface area contributed by atoms with Gasteiger partial charge >= 0.3 is 0 Å². The van der Waals surface area contributed by atoms with Crippen molar-refractivity contribution in [2.45, 2.75) is 40.0 Å². The highest BCUT2D eigenvalue weighted by molar-refractivity contribution is 5.53. The van der Waals surface area contributed by atoms with Gasteiger partial charge in [-0.3, -0.25) is 9.97 Å². The number of rotatable bonds is 3. The van der Waals surface area contributed by atoms with Gasteiger partial charge in [0.05, 0.1) is 22.5 Å². The number of aromatic nitrogens is 2. The summed E-state index contributed by atoms with van der Waals surface area (Å²) in [5.74, 6) is 0. The fourth-order valence-electron chi connectivity index (χ4n) is 2.02. The van der Waals surface area contributed by atoms with Crippen molar-refractivity contribution < 1.29 is 8.78 Å². The Morgan fingerprint density at radius 3 is 2.53 bits per heavy atom. The van der Waals surface area contributed by atoms with Gasteiger partial charge in [-0.05, 0) is 39.7 Å². The standard InChI is InChI=1S/C13H16F2N2/c1-8(13(4-5-13)12(14)15)6-11-10(3)17-9(2)7-16-11/h6-7,12H,4-5H2,1-3H3/b8-6+. The molecule has 1 saturated carbocycles. The molecule has 0 N–H and O–H groups in total. The Bertz CT molecular complexity index is 462. The summed E-state index contributed by atoms with van der Waals surface area (Å²) in [4.78, 5) is 8.51. The van der Waals surface area contributed by atoms with E-state index in [-0.39, 0.29) is 0 Å². The van der Waals surface area contributed by atoms with Crippen LogP contribution in [0.25, 0.3) is 6.08 Å². The number of hydrogen-bond acceptors (Lipinski definition) is 2. The van der Waals surface area contributed by atoms with Crippen molar-refractivity contribution >= 4 is 6.08 Å². The number of alkyl halides is 2. The molecule has 0 saturated heterocycles. The zero-order chi connectivity index (χ0) is 12.6. The number of halogens is 2. The Morgan fingerprint density at radius 2 is 2.06 bits per heavy atom. The van der Waals surface area contributed by atoms with E-state index in [1.165, 1.54) is 0 Å². The molecule has 92 valence electrons. The van der Waals surface area contributed by atoms with Gasteiger partial charge < -0.3 is 0 Å². The predicted molar refractivity (Wildman–Crippen MR) is 62.8 cm³/mol. The molecule has 1 aromatic heterocycles. The minimum Gasteiger partial charge on any atom is -0.255 e. The van der Waals surface area contributed by atoms with Crippen molar-refractivity contribution in [3.8, 4) is 0 Å². The minimum absolute atomic E-state index is 0.575. The minimum atomic E-state index is -2.28. The summed E-state index contributed by atoms with van der Waals surface area (Å²) in [6.45, 7) is 5.48. The number of nitrogens with zero attached hydrogens (tertiary/aromatic N) is 2. The van der Waals surface area contributed by atoms with E-state index in [0.29, 0.717) is 24.1 Å². The second-order valence-corrected chi connectivity index (χ2v) is 4.77. The zero-order valence-electron chi connectivity index (χ0n) is 10.3. The van der Waals surface area contributed by atoms with Crippen LogP contribution < -0.4 is 0 Å². The van der Waals surface area contributed by atoms with Crippen LogP contribution in [-0.2, 0) is 0 Å². The molecule has 1 aliphatic rings. The lowest BCUT2D eigenvalue weighted by Crippen LogP contribution is -2.13. The molecule has 1 heterocycles. The van der Waals surface area contributed by atoms with Crippen molar-refractivity contribution in [1.29, 1.82) is 0 Å². The first-order valence-electron chi connectivity index (χ1n) is 5.73. The van der Waals surface area contributed by atoms with E-state index in [2.05, 4.69) is 9.97 Å². The maximum atomic E-state index is 12.9. The predicted octanol–water partition coefficient (Wildman–Crippen LogP) is 3.54. The lowest BCUT2D eigenvalue weighted by Gasteiger charge is -2.15. The second kappa shape index (κ2) is 4.17. The van der Waals surface area contributed by atoms with E-state index in [1.807, 2.05) is 13.8 Å². The molecule has 0 unspecified atom stereocenters. The molecule has 1 aromatic rings. The molecular formula is C13H16F2N2. The molecule has 0 aromatic carbocycles. The molecule has 1 fully saturated rings. The average molecular weight is 238 g/mol. The highest BCUT2D eigenvalue weighted by atomic mass is 19.3. The molecule has 2 rings (SSSR count). The van der Waals surface area contributed by atoms with Crippen LogP contribution in [-0.4, -0.2) is 16.4 Å². The van der Waals surface area contributed by atoms with E-state index in [9.17, 15) is 8.78 Å². The van der Waals surface area contributed by atoms with Crippen molar-refractivity contribution in [1.82, 2.24) is 9.97 Å². The van der Waals surface area contributed by atoms with Crippen LogP contribution in [0.15, 0.2) is 11.8 Å². The zero-order valence-corrected chi connectivity index (χ0v) is 10.3. The van der Waals surface area contributed by atoms with Gasteiger partial charge in [0.25, 0.3) is 0 Å². The first-order valence-corrected chi connectivity index (χ1v) is 5.73. The molecule has 4 heteroatoms. The second-order valence-electron chi connectivity index (χ2n) is 4.77. The number of allylic oxidation sites excluding steroid dienone is 1. The van der Waals surface area contributed by atoms with Crippen LogP contribution >= 0.6 is 0 Å². The van der Waals surface area contributed by atoms with Gasteiger partial charge in [0, 0.05) is 6.20 Å². The van der Waals surface area contributed by atoms with Crippen molar-refractivity contribution in [2.24, 2.45) is 5.41 Å². The van der Waals surface area contributed by atoms with Gasteiger partial charge in [0.2, 0.25) is 6.43 Å². The summed E-state index contributed by atoms with van der Waals surface area (Å²) in [7, 11) is 0. The molecule has 17 heavy (non-hydrogen) atoms. The smallest absolute Gasteiger partial charge is 0.247 e. The summed E-state index contributed by atoms with van der Waals surface area (Å²) < 4.78 is 25.8. The third kappa shape index (κ3) is 2.21. The van der Waals surface area contributed by atoms with E-state index in [0.717, 1.165) is 11.4 Å². The summed E-state index contributed by atoms with van der Waals surface area (Å²) >= 11 is 0. The van der Waals surface area contributed by atoms with Gasteiger partial charge in [-0.25, -0.2) is 8.78 Å². The van der Waals surface area contributed by atoms with Crippen LogP contribution in [0.3, 0.4) is 0 Å². The van der Waals surface area contributed by atoms with Gasteiger partial charge in [-0.15, -0.1) is 0 Å². The fraction of sp³-hybridized carbons (Fsp3) is 0.538. The number of hydrogen-bond donors (Lipinski definition) is 0. The topological polar surface area (TPSA) is 25.8 Å². The third-order valence-corrected chi connectivity index (χ3v) is 3.45. The maximum absolute atomic E-state index is 12.9. The Kier molecular flexibility index (Phi) is 2.98. The number of aryl methyl sites for hydroxylation is 2. The highest BCUT2D eigenvalue weighted by Crippen LogP contribution is 2.56. The summed E-state index contributed by atoms with van der Waals surface area (Å²) in [6, 6.07) is 0. The van der Waals surface area contributed by atoms with Crippen LogP contribution in [0, 0.1) is 19.3 Å². The Balaban J connectivity index is 2.30. The van der Waals surface area contributed by atoms with Crippen LogP contribution in [0.4, 0.5) is 8.78 Å². The van der Waals surface area contributed by atoms with Crippen LogP contribution in [0.1, 0.15) is 36.8 Å². The van der Waals surface area contributed by atoms with Gasteiger partial charge in [-0.2, -0.15) is 0 Å². The Labute approximate surface area is 99.8 Å². The van der Waals surface area contributed by atoms with Gasteiger partial charge in [0.15, 0.2) is 0 Å². The molecule has 0 bridgehead atoms.